The number of hydrogen-bond acceptors (Lipinski definition) is 3. The summed E-state index contributed by atoms with van der Waals surface area (Å²) in [5.74, 6) is 0.251. The Morgan fingerprint density at radius 2 is 2.07 bits per heavy atom. The Balaban J connectivity index is 3.74. The molecule has 0 aromatic heterocycles. The number of amidine groups is 1. The van der Waals surface area contributed by atoms with Crippen LogP contribution in [0.5, 0.6) is 0 Å². The van der Waals surface area contributed by atoms with Gasteiger partial charge in [-0.25, -0.2) is 0 Å². The van der Waals surface area contributed by atoms with Gasteiger partial charge in [0, 0.05) is 12.0 Å². The molecule has 4 heteroatoms. The minimum absolute atomic E-state index is 0.203. The number of likely N-dealkylation sites (N-methyl/N-ethyl adjacent to an activating group) is 1. The Bertz CT molecular complexity index is 202. The van der Waals surface area contributed by atoms with Crippen LogP contribution in [-0.4, -0.2) is 42.1 Å². The zero-order valence-corrected chi connectivity index (χ0v) is 10.4. The third kappa shape index (κ3) is 6.47. The summed E-state index contributed by atoms with van der Waals surface area (Å²) >= 11 is 0. The van der Waals surface area contributed by atoms with Crippen LogP contribution >= 0.6 is 0 Å². The van der Waals surface area contributed by atoms with Gasteiger partial charge in [-0.05, 0) is 33.4 Å². The molecule has 0 fully saturated rings. The van der Waals surface area contributed by atoms with Crippen LogP contribution in [-0.2, 0) is 0 Å². The van der Waals surface area contributed by atoms with E-state index in [9.17, 15) is 5.11 Å². The molecule has 0 bridgehead atoms. The molecule has 0 rings (SSSR count). The van der Waals surface area contributed by atoms with Gasteiger partial charge in [0.1, 0.15) is 0 Å². The van der Waals surface area contributed by atoms with E-state index in [1.165, 1.54) is 0 Å². The quantitative estimate of drug-likeness (QED) is 0.439. The molecule has 0 spiro atoms. The van der Waals surface area contributed by atoms with Gasteiger partial charge in [-0.15, -0.1) is 0 Å². The van der Waals surface area contributed by atoms with Gasteiger partial charge in [0.15, 0.2) is 0 Å². The van der Waals surface area contributed by atoms with Crippen LogP contribution in [0.15, 0.2) is 0 Å². The van der Waals surface area contributed by atoms with E-state index < -0.39 is 0 Å². The van der Waals surface area contributed by atoms with Gasteiger partial charge < -0.3 is 15.7 Å². The standard InChI is InChI=1S/C11H25N3O/c1-9(15)8-14(4)7-5-6-11(2,3)10(12)13/h9,15H,5-8H2,1-4H3,(H3,12,13). The first-order valence-corrected chi connectivity index (χ1v) is 5.47. The summed E-state index contributed by atoms with van der Waals surface area (Å²) in [6.45, 7) is 7.39. The Labute approximate surface area is 93.0 Å². The number of aliphatic hydroxyl groups excluding tert-OH is 1. The van der Waals surface area contributed by atoms with Crippen molar-refractivity contribution in [3.05, 3.63) is 0 Å². The van der Waals surface area contributed by atoms with Gasteiger partial charge in [-0.3, -0.25) is 5.41 Å². The lowest BCUT2D eigenvalue weighted by Crippen LogP contribution is -2.33. The number of nitrogens with zero attached hydrogens (tertiary/aromatic N) is 1. The fourth-order valence-electron chi connectivity index (χ4n) is 1.47. The second-order valence-electron chi connectivity index (χ2n) is 5.01. The van der Waals surface area contributed by atoms with Gasteiger partial charge >= 0.3 is 0 Å². The summed E-state index contributed by atoms with van der Waals surface area (Å²) in [4.78, 5) is 2.10. The zero-order chi connectivity index (χ0) is 12.1. The maximum absolute atomic E-state index is 9.17. The van der Waals surface area contributed by atoms with Crippen LogP contribution in [0.1, 0.15) is 33.6 Å². The summed E-state index contributed by atoms with van der Waals surface area (Å²) in [6.07, 6.45) is 1.62. The number of nitrogens with two attached hydrogens (primary N) is 1. The van der Waals surface area contributed by atoms with Crippen LogP contribution in [0, 0.1) is 10.8 Å². The molecular formula is C11H25N3O. The van der Waals surface area contributed by atoms with E-state index in [-0.39, 0.29) is 17.4 Å². The predicted octanol–water partition coefficient (Wildman–Crippen LogP) is 1.04. The number of nitrogens with one attached hydrogen (secondary N) is 1. The Morgan fingerprint density at radius 3 is 2.47 bits per heavy atom. The minimum Gasteiger partial charge on any atom is -0.392 e. The third-order valence-electron chi connectivity index (χ3n) is 2.65. The minimum atomic E-state index is -0.282. The van der Waals surface area contributed by atoms with Crippen molar-refractivity contribution >= 4 is 5.84 Å². The second-order valence-corrected chi connectivity index (χ2v) is 5.01. The molecule has 90 valence electrons. The van der Waals surface area contributed by atoms with E-state index in [1.54, 1.807) is 6.92 Å². The number of rotatable bonds is 7. The summed E-state index contributed by atoms with van der Waals surface area (Å²) in [5, 5.41) is 16.6. The second kappa shape index (κ2) is 6.08. The maximum atomic E-state index is 9.17. The maximum Gasteiger partial charge on any atom is 0.0963 e. The van der Waals surface area contributed by atoms with Crippen molar-refractivity contribution in [1.82, 2.24) is 4.90 Å². The third-order valence-corrected chi connectivity index (χ3v) is 2.65. The lowest BCUT2D eigenvalue weighted by molar-refractivity contribution is 0.139. The lowest BCUT2D eigenvalue weighted by atomic mass is 9.86. The smallest absolute Gasteiger partial charge is 0.0963 e. The molecule has 0 aliphatic rings. The summed E-state index contributed by atoms with van der Waals surface area (Å²) in [6, 6.07) is 0. The molecule has 15 heavy (non-hydrogen) atoms. The van der Waals surface area contributed by atoms with Crippen LogP contribution in [0.4, 0.5) is 0 Å². The zero-order valence-electron chi connectivity index (χ0n) is 10.4. The van der Waals surface area contributed by atoms with Crippen LogP contribution < -0.4 is 5.73 Å². The highest BCUT2D eigenvalue weighted by atomic mass is 16.3. The number of hydrogen-bond donors (Lipinski definition) is 3. The fraction of sp³-hybridized carbons (Fsp3) is 0.909. The molecule has 4 nitrogen and oxygen atoms in total. The SMILES string of the molecule is CC(O)CN(C)CCCC(C)(C)C(=N)N. The van der Waals surface area contributed by atoms with Gasteiger partial charge in [0.25, 0.3) is 0 Å². The molecule has 0 aromatic rings. The van der Waals surface area contributed by atoms with E-state index in [4.69, 9.17) is 11.1 Å². The van der Waals surface area contributed by atoms with Crippen molar-refractivity contribution in [3.8, 4) is 0 Å². The lowest BCUT2D eigenvalue weighted by Gasteiger charge is -2.25. The van der Waals surface area contributed by atoms with E-state index in [0.29, 0.717) is 6.54 Å². The summed E-state index contributed by atoms with van der Waals surface area (Å²) in [7, 11) is 1.99. The molecule has 1 unspecified atom stereocenters. The normalized spacial score (nSPS) is 14.3. The highest BCUT2D eigenvalue weighted by Gasteiger charge is 2.20. The van der Waals surface area contributed by atoms with Crippen LogP contribution in [0.2, 0.25) is 0 Å². The molecule has 4 N–H and O–H groups in total. The highest BCUT2D eigenvalue weighted by molar-refractivity contribution is 5.82. The van der Waals surface area contributed by atoms with Crippen molar-refractivity contribution in [1.29, 1.82) is 5.41 Å². The first-order chi connectivity index (χ1) is 6.75. The van der Waals surface area contributed by atoms with Crippen molar-refractivity contribution in [3.63, 3.8) is 0 Å². The monoisotopic (exact) mass is 215 g/mol. The molecule has 0 saturated heterocycles. The van der Waals surface area contributed by atoms with Crippen LogP contribution in [0.25, 0.3) is 0 Å². The Kier molecular flexibility index (Phi) is 5.83. The van der Waals surface area contributed by atoms with E-state index in [0.717, 1.165) is 19.4 Å². The van der Waals surface area contributed by atoms with Gasteiger partial charge in [-0.1, -0.05) is 13.8 Å². The highest BCUT2D eigenvalue weighted by Crippen LogP contribution is 2.21. The molecule has 0 amide bonds. The van der Waals surface area contributed by atoms with Gasteiger partial charge in [0.2, 0.25) is 0 Å². The molecule has 1 atom stereocenters. The average molecular weight is 215 g/mol. The van der Waals surface area contributed by atoms with Crippen molar-refractivity contribution < 1.29 is 5.11 Å². The molecule has 0 heterocycles. The van der Waals surface area contributed by atoms with E-state index in [1.807, 2.05) is 20.9 Å². The molecular weight excluding hydrogens is 190 g/mol. The van der Waals surface area contributed by atoms with Gasteiger partial charge in [0.05, 0.1) is 11.9 Å². The van der Waals surface area contributed by atoms with Crippen molar-refractivity contribution in [2.75, 3.05) is 20.1 Å². The first kappa shape index (κ1) is 14.4. The molecule has 0 aromatic carbocycles. The first-order valence-electron chi connectivity index (χ1n) is 5.47. The largest absolute Gasteiger partial charge is 0.392 e. The summed E-state index contributed by atoms with van der Waals surface area (Å²) < 4.78 is 0. The molecule has 0 aliphatic heterocycles. The molecule has 0 saturated carbocycles. The van der Waals surface area contributed by atoms with Crippen LogP contribution in [0.3, 0.4) is 0 Å². The van der Waals surface area contributed by atoms with Gasteiger partial charge in [-0.2, -0.15) is 0 Å². The average Bonchev–Trinajstić information content (AvgIpc) is 2.01. The van der Waals surface area contributed by atoms with Crippen molar-refractivity contribution in [2.24, 2.45) is 11.1 Å². The Morgan fingerprint density at radius 1 is 1.53 bits per heavy atom. The summed E-state index contributed by atoms with van der Waals surface area (Å²) in [5.41, 5.74) is 5.29. The van der Waals surface area contributed by atoms with Crippen molar-refractivity contribution in [2.45, 2.75) is 39.7 Å². The molecule has 0 aliphatic carbocycles. The number of aliphatic hydroxyl groups is 1. The predicted molar refractivity (Wildman–Crippen MR) is 64.1 cm³/mol. The Hall–Kier alpha value is -0.610. The van der Waals surface area contributed by atoms with E-state index in [2.05, 4.69) is 4.90 Å². The topological polar surface area (TPSA) is 73.3 Å². The molecule has 0 radical (unpaired) electrons. The fourth-order valence-corrected chi connectivity index (χ4v) is 1.47. The van der Waals surface area contributed by atoms with E-state index >= 15 is 0 Å².